The third kappa shape index (κ3) is 4.93. The SMILES string of the molecule is COc1ccc(N2CCN(CC(=O)NCc3ccccn3)CC2)cc1. The van der Waals surface area contributed by atoms with Gasteiger partial charge in [0, 0.05) is 38.1 Å². The van der Waals surface area contributed by atoms with Crippen molar-refractivity contribution in [3.8, 4) is 5.75 Å². The first-order valence-electron chi connectivity index (χ1n) is 8.52. The molecule has 0 radical (unpaired) electrons. The van der Waals surface area contributed by atoms with E-state index < -0.39 is 0 Å². The van der Waals surface area contributed by atoms with Gasteiger partial charge >= 0.3 is 0 Å². The van der Waals surface area contributed by atoms with Gasteiger partial charge in [0.2, 0.25) is 5.91 Å². The number of aromatic nitrogens is 1. The molecule has 1 amide bonds. The topological polar surface area (TPSA) is 57.7 Å². The minimum Gasteiger partial charge on any atom is -0.497 e. The quantitative estimate of drug-likeness (QED) is 0.864. The van der Waals surface area contributed by atoms with Crippen molar-refractivity contribution in [3.05, 3.63) is 54.4 Å². The normalized spacial score (nSPS) is 15.0. The van der Waals surface area contributed by atoms with Crippen molar-refractivity contribution in [1.29, 1.82) is 0 Å². The summed E-state index contributed by atoms with van der Waals surface area (Å²) in [5, 5.41) is 2.93. The third-order valence-electron chi connectivity index (χ3n) is 4.37. The lowest BCUT2D eigenvalue weighted by molar-refractivity contribution is -0.122. The summed E-state index contributed by atoms with van der Waals surface area (Å²) in [6.45, 7) is 4.50. The molecule has 1 fully saturated rings. The average Bonchev–Trinajstić information content (AvgIpc) is 2.68. The number of hydrogen-bond donors (Lipinski definition) is 1. The molecule has 0 spiro atoms. The predicted molar refractivity (Wildman–Crippen MR) is 97.7 cm³/mol. The summed E-state index contributed by atoms with van der Waals surface area (Å²) in [6, 6.07) is 13.8. The molecule has 132 valence electrons. The number of nitrogens with one attached hydrogen (secondary N) is 1. The van der Waals surface area contributed by atoms with E-state index in [0.29, 0.717) is 13.1 Å². The second-order valence-corrected chi connectivity index (χ2v) is 6.06. The number of carbonyl (C=O) groups is 1. The van der Waals surface area contributed by atoms with Crippen LogP contribution >= 0.6 is 0 Å². The molecule has 25 heavy (non-hydrogen) atoms. The van der Waals surface area contributed by atoms with Crippen molar-refractivity contribution in [2.24, 2.45) is 0 Å². The van der Waals surface area contributed by atoms with Gasteiger partial charge in [-0.05, 0) is 36.4 Å². The fraction of sp³-hybridized carbons (Fsp3) is 0.368. The maximum atomic E-state index is 12.1. The Hall–Kier alpha value is -2.60. The lowest BCUT2D eigenvalue weighted by Crippen LogP contribution is -2.49. The Kier molecular flexibility index (Phi) is 5.85. The highest BCUT2D eigenvalue weighted by Gasteiger charge is 2.19. The standard InChI is InChI=1S/C19H24N4O2/c1-25-18-7-5-17(6-8-18)23-12-10-22(11-13-23)15-19(24)21-14-16-4-2-3-9-20-16/h2-9H,10-15H2,1H3,(H,21,24). The summed E-state index contributed by atoms with van der Waals surface area (Å²) in [5.41, 5.74) is 2.07. The van der Waals surface area contributed by atoms with E-state index in [1.807, 2.05) is 30.3 Å². The number of amides is 1. The zero-order valence-electron chi connectivity index (χ0n) is 14.5. The van der Waals surface area contributed by atoms with Crippen LogP contribution in [0.1, 0.15) is 5.69 Å². The van der Waals surface area contributed by atoms with Crippen LogP contribution in [0.2, 0.25) is 0 Å². The number of ether oxygens (including phenoxy) is 1. The summed E-state index contributed by atoms with van der Waals surface area (Å²) in [5.74, 6) is 0.913. The van der Waals surface area contributed by atoms with Gasteiger partial charge in [-0.25, -0.2) is 0 Å². The first kappa shape index (κ1) is 17.2. The summed E-state index contributed by atoms with van der Waals surface area (Å²) in [7, 11) is 1.67. The van der Waals surface area contributed by atoms with Crippen LogP contribution in [0.3, 0.4) is 0 Å². The lowest BCUT2D eigenvalue weighted by atomic mass is 10.2. The minimum atomic E-state index is 0.0450. The van der Waals surface area contributed by atoms with Crippen LogP contribution in [0.5, 0.6) is 5.75 Å². The maximum Gasteiger partial charge on any atom is 0.234 e. The van der Waals surface area contributed by atoms with E-state index in [-0.39, 0.29) is 5.91 Å². The van der Waals surface area contributed by atoms with Gasteiger partial charge in [0.15, 0.2) is 0 Å². The van der Waals surface area contributed by atoms with E-state index in [2.05, 4.69) is 32.2 Å². The molecule has 0 bridgehead atoms. The molecule has 1 aliphatic rings. The highest BCUT2D eigenvalue weighted by atomic mass is 16.5. The molecule has 1 saturated heterocycles. The third-order valence-corrected chi connectivity index (χ3v) is 4.37. The number of carbonyl (C=O) groups excluding carboxylic acids is 1. The number of rotatable bonds is 6. The molecule has 2 aromatic rings. The number of benzene rings is 1. The lowest BCUT2D eigenvalue weighted by Gasteiger charge is -2.35. The molecule has 0 atom stereocenters. The molecule has 0 saturated carbocycles. The molecule has 1 N–H and O–H groups in total. The van der Waals surface area contributed by atoms with Crippen molar-refractivity contribution in [2.75, 3.05) is 44.7 Å². The van der Waals surface area contributed by atoms with E-state index in [9.17, 15) is 4.79 Å². The van der Waals surface area contributed by atoms with Crippen LogP contribution in [0.4, 0.5) is 5.69 Å². The molecule has 1 aromatic heterocycles. The molecule has 6 nitrogen and oxygen atoms in total. The smallest absolute Gasteiger partial charge is 0.234 e. The van der Waals surface area contributed by atoms with Crippen molar-refractivity contribution in [1.82, 2.24) is 15.2 Å². The van der Waals surface area contributed by atoms with Crippen molar-refractivity contribution < 1.29 is 9.53 Å². The van der Waals surface area contributed by atoms with Gasteiger partial charge in [-0.3, -0.25) is 14.7 Å². The second-order valence-electron chi connectivity index (χ2n) is 6.06. The zero-order valence-corrected chi connectivity index (χ0v) is 14.5. The van der Waals surface area contributed by atoms with Gasteiger partial charge in [0.1, 0.15) is 5.75 Å². The fourth-order valence-electron chi connectivity index (χ4n) is 2.91. The van der Waals surface area contributed by atoms with E-state index in [4.69, 9.17) is 4.74 Å². The monoisotopic (exact) mass is 340 g/mol. The molecule has 3 rings (SSSR count). The Morgan fingerprint density at radius 2 is 1.88 bits per heavy atom. The van der Waals surface area contributed by atoms with Gasteiger partial charge in [0.25, 0.3) is 0 Å². The van der Waals surface area contributed by atoms with Crippen molar-refractivity contribution >= 4 is 11.6 Å². The first-order chi connectivity index (χ1) is 12.2. The molecule has 1 aromatic carbocycles. The largest absolute Gasteiger partial charge is 0.497 e. The van der Waals surface area contributed by atoms with Crippen LogP contribution in [-0.2, 0) is 11.3 Å². The number of nitrogens with zero attached hydrogens (tertiary/aromatic N) is 3. The van der Waals surface area contributed by atoms with Gasteiger partial charge in [0.05, 0.1) is 25.9 Å². The molecular formula is C19H24N4O2. The van der Waals surface area contributed by atoms with Crippen LogP contribution in [-0.4, -0.2) is 55.6 Å². The minimum absolute atomic E-state index is 0.0450. The Morgan fingerprint density at radius 3 is 2.52 bits per heavy atom. The molecule has 0 unspecified atom stereocenters. The van der Waals surface area contributed by atoms with Gasteiger partial charge in [-0.15, -0.1) is 0 Å². The summed E-state index contributed by atoms with van der Waals surface area (Å²) < 4.78 is 5.20. The predicted octanol–water partition coefficient (Wildman–Crippen LogP) is 1.53. The number of anilines is 1. The van der Waals surface area contributed by atoms with E-state index in [0.717, 1.165) is 37.6 Å². The van der Waals surface area contributed by atoms with Crippen molar-refractivity contribution in [3.63, 3.8) is 0 Å². The van der Waals surface area contributed by atoms with Crippen LogP contribution in [0.25, 0.3) is 0 Å². The van der Waals surface area contributed by atoms with E-state index >= 15 is 0 Å². The van der Waals surface area contributed by atoms with Gasteiger partial charge in [-0.1, -0.05) is 6.07 Å². The zero-order chi connectivity index (χ0) is 17.5. The summed E-state index contributed by atoms with van der Waals surface area (Å²) in [4.78, 5) is 20.8. The number of pyridine rings is 1. The Labute approximate surface area is 148 Å². The van der Waals surface area contributed by atoms with Crippen LogP contribution in [0, 0.1) is 0 Å². The Bertz CT molecular complexity index is 668. The molecule has 1 aliphatic heterocycles. The van der Waals surface area contributed by atoms with Gasteiger partial charge < -0.3 is 15.0 Å². The van der Waals surface area contributed by atoms with E-state index in [1.54, 1.807) is 13.3 Å². The molecule has 2 heterocycles. The first-order valence-corrected chi connectivity index (χ1v) is 8.52. The molecule has 6 heteroatoms. The summed E-state index contributed by atoms with van der Waals surface area (Å²) in [6.07, 6.45) is 1.74. The summed E-state index contributed by atoms with van der Waals surface area (Å²) >= 11 is 0. The number of piperazine rings is 1. The molecular weight excluding hydrogens is 316 g/mol. The average molecular weight is 340 g/mol. The maximum absolute atomic E-state index is 12.1. The van der Waals surface area contributed by atoms with Crippen molar-refractivity contribution in [2.45, 2.75) is 6.54 Å². The fourth-order valence-corrected chi connectivity index (χ4v) is 2.91. The second kappa shape index (κ2) is 8.48. The highest BCUT2D eigenvalue weighted by molar-refractivity contribution is 5.78. The highest BCUT2D eigenvalue weighted by Crippen LogP contribution is 2.20. The van der Waals surface area contributed by atoms with Crippen LogP contribution < -0.4 is 15.0 Å². The Morgan fingerprint density at radius 1 is 1.12 bits per heavy atom. The number of hydrogen-bond acceptors (Lipinski definition) is 5. The van der Waals surface area contributed by atoms with Crippen LogP contribution in [0.15, 0.2) is 48.7 Å². The Balaban J connectivity index is 1.41. The number of methoxy groups -OCH3 is 1. The van der Waals surface area contributed by atoms with Gasteiger partial charge in [-0.2, -0.15) is 0 Å². The van der Waals surface area contributed by atoms with E-state index in [1.165, 1.54) is 5.69 Å². The molecule has 0 aliphatic carbocycles.